The maximum Gasteiger partial charge on any atom is 0.191 e. The summed E-state index contributed by atoms with van der Waals surface area (Å²) in [4.78, 5) is 4.72. The molecule has 28 heavy (non-hydrogen) atoms. The molecule has 7 heteroatoms. The summed E-state index contributed by atoms with van der Waals surface area (Å²) >= 11 is 6.22. The molecule has 2 aromatic rings. The minimum absolute atomic E-state index is 0. The second-order valence-corrected chi connectivity index (χ2v) is 7.39. The van der Waals surface area contributed by atoms with Crippen LogP contribution >= 0.6 is 35.6 Å². The number of hydrogen-bond acceptors (Lipinski definition) is 2. The maximum absolute atomic E-state index is 6.22. The van der Waals surface area contributed by atoms with Crippen molar-refractivity contribution in [2.75, 3.05) is 13.1 Å². The number of nitrogens with zero attached hydrogens (tertiary/aromatic N) is 3. The second kappa shape index (κ2) is 12.3. The Bertz CT molecular complexity index is 772. The van der Waals surface area contributed by atoms with E-state index >= 15 is 0 Å². The van der Waals surface area contributed by atoms with Crippen molar-refractivity contribution in [3.8, 4) is 0 Å². The average molecular weight is 518 g/mol. The molecular weight excluding hydrogens is 485 g/mol. The van der Waals surface area contributed by atoms with Gasteiger partial charge in [0.05, 0.1) is 5.69 Å². The largest absolute Gasteiger partial charge is 0.357 e. The lowest BCUT2D eigenvalue weighted by Gasteiger charge is -2.18. The van der Waals surface area contributed by atoms with E-state index in [1.54, 1.807) is 0 Å². The predicted octanol–water partition coefficient (Wildman–Crippen LogP) is 4.43. The van der Waals surface area contributed by atoms with Crippen LogP contribution in [-0.2, 0) is 19.9 Å². The summed E-state index contributed by atoms with van der Waals surface area (Å²) in [5, 5.41) is 12.2. The average Bonchev–Trinajstić information content (AvgIpc) is 2.86. The molecule has 156 valence electrons. The van der Waals surface area contributed by atoms with Crippen LogP contribution in [0.2, 0.25) is 5.02 Å². The molecule has 0 aliphatic carbocycles. The van der Waals surface area contributed by atoms with Gasteiger partial charge in [-0.1, -0.05) is 29.8 Å². The van der Waals surface area contributed by atoms with Gasteiger partial charge in [-0.25, -0.2) is 0 Å². The van der Waals surface area contributed by atoms with Gasteiger partial charge in [-0.3, -0.25) is 9.67 Å². The van der Waals surface area contributed by atoms with Crippen molar-refractivity contribution in [2.45, 2.75) is 53.0 Å². The van der Waals surface area contributed by atoms with E-state index in [1.165, 1.54) is 16.8 Å². The molecule has 0 spiro atoms. The van der Waals surface area contributed by atoms with E-state index in [1.807, 2.05) is 29.9 Å². The van der Waals surface area contributed by atoms with Crippen LogP contribution in [0.3, 0.4) is 0 Å². The van der Waals surface area contributed by atoms with E-state index in [0.29, 0.717) is 0 Å². The van der Waals surface area contributed by atoms with Gasteiger partial charge in [-0.15, -0.1) is 24.0 Å². The summed E-state index contributed by atoms with van der Waals surface area (Å²) < 4.78 is 1.95. The zero-order chi connectivity index (χ0) is 19.8. The standard InChI is InChI=1S/C21H32ClN5.HI/c1-6-23-21(24-13-9-11-18-10-7-8-12-20(18)22)25-15(2)14-19-16(3)26-27(5)17(19)4;/h7-8,10,12,15H,6,9,11,13-14H2,1-5H3,(H2,23,24,25);1H. The molecule has 0 aliphatic rings. The fourth-order valence-corrected chi connectivity index (χ4v) is 3.42. The Labute approximate surface area is 191 Å². The maximum atomic E-state index is 6.22. The Morgan fingerprint density at radius 1 is 1.29 bits per heavy atom. The first-order chi connectivity index (χ1) is 12.9. The lowest BCUT2D eigenvalue weighted by atomic mass is 10.1. The molecular formula is C21H33ClIN5. The Balaban J connectivity index is 0.00000392. The Hall–Kier alpha value is -1.28. The van der Waals surface area contributed by atoms with E-state index in [0.717, 1.165) is 49.0 Å². The first kappa shape index (κ1) is 24.8. The highest BCUT2D eigenvalue weighted by Crippen LogP contribution is 2.16. The summed E-state index contributed by atoms with van der Waals surface area (Å²) in [5.41, 5.74) is 4.82. The minimum Gasteiger partial charge on any atom is -0.357 e. The monoisotopic (exact) mass is 517 g/mol. The van der Waals surface area contributed by atoms with Crippen LogP contribution < -0.4 is 10.6 Å². The van der Waals surface area contributed by atoms with Gasteiger partial charge in [0.25, 0.3) is 0 Å². The topological polar surface area (TPSA) is 54.2 Å². The van der Waals surface area contributed by atoms with Crippen LogP contribution in [-0.4, -0.2) is 34.9 Å². The van der Waals surface area contributed by atoms with Crippen molar-refractivity contribution in [1.29, 1.82) is 0 Å². The normalized spacial score (nSPS) is 12.4. The van der Waals surface area contributed by atoms with Gasteiger partial charge in [-0.05, 0) is 64.2 Å². The number of rotatable bonds is 8. The van der Waals surface area contributed by atoms with Crippen LogP contribution in [0.1, 0.15) is 42.8 Å². The molecule has 2 rings (SSSR count). The van der Waals surface area contributed by atoms with Crippen molar-refractivity contribution in [2.24, 2.45) is 12.0 Å². The third-order valence-electron chi connectivity index (χ3n) is 4.73. The summed E-state index contributed by atoms with van der Waals surface area (Å²) in [5.74, 6) is 0.864. The SMILES string of the molecule is CCNC(=NCCCc1ccccc1Cl)NC(C)Cc1c(C)nn(C)c1C.I. The molecule has 2 N–H and O–H groups in total. The van der Waals surface area contributed by atoms with Crippen molar-refractivity contribution in [3.63, 3.8) is 0 Å². The van der Waals surface area contributed by atoms with Crippen molar-refractivity contribution >= 4 is 41.5 Å². The molecule has 0 amide bonds. The predicted molar refractivity (Wildman–Crippen MR) is 130 cm³/mol. The quantitative estimate of drug-likeness (QED) is 0.236. The number of benzene rings is 1. The molecule has 0 aliphatic heterocycles. The van der Waals surface area contributed by atoms with Gasteiger partial charge in [0.15, 0.2) is 5.96 Å². The molecule has 1 heterocycles. The van der Waals surface area contributed by atoms with Crippen LogP contribution in [0.15, 0.2) is 29.3 Å². The van der Waals surface area contributed by atoms with Crippen molar-refractivity contribution in [3.05, 3.63) is 51.8 Å². The Morgan fingerprint density at radius 3 is 2.61 bits per heavy atom. The van der Waals surface area contributed by atoms with Crippen molar-refractivity contribution < 1.29 is 0 Å². The molecule has 1 aromatic heterocycles. The summed E-state index contributed by atoms with van der Waals surface area (Å²) in [6.07, 6.45) is 2.83. The number of nitrogens with one attached hydrogen (secondary N) is 2. The zero-order valence-corrected chi connectivity index (χ0v) is 20.6. The zero-order valence-electron chi connectivity index (χ0n) is 17.6. The Kier molecular flexibility index (Phi) is 10.9. The first-order valence-electron chi connectivity index (χ1n) is 9.69. The molecule has 1 atom stereocenters. The number of aliphatic imine (C=N–C) groups is 1. The van der Waals surface area contributed by atoms with Gasteiger partial charge < -0.3 is 10.6 Å². The molecule has 0 fully saturated rings. The molecule has 0 saturated carbocycles. The van der Waals surface area contributed by atoms with Crippen LogP contribution in [0.5, 0.6) is 0 Å². The summed E-state index contributed by atoms with van der Waals surface area (Å²) in [6, 6.07) is 8.28. The van der Waals surface area contributed by atoms with Gasteiger partial charge in [-0.2, -0.15) is 5.10 Å². The number of halogens is 2. The minimum atomic E-state index is 0. The fraction of sp³-hybridized carbons (Fsp3) is 0.524. The van der Waals surface area contributed by atoms with E-state index in [-0.39, 0.29) is 30.0 Å². The fourth-order valence-electron chi connectivity index (χ4n) is 3.19. The van der Waals surface area contributed by atoms with E-state index in [9.17, 15) is 0 Å². The van der Waals surface area contributed by atoms with Gasteiger partial charge >= 0.3 is 0 Å². The number of hydrogen-bond donors (Lipinski definition) is 2. The van der Waals surface area contributed by atoms with Crippen LogP contribution in [0, 0.1) is 13.8 Å². The third kappa shape index (κ3) is 7.28. The number of aryl methyl sites for hydroxylation is 3. The molecule has 5 nitrogen and oxygen atoms in total. The smallest absolute Gasteiger partial charge is 0.191 e. The molecule has 0 radical (unpaired) electrons. The van der Waals surface area contributed by atoms with Gasteiger partial charge in [0, 0.05) is 36.9 Å². The van der Waals surface area contributed by atoms with Gasteiger partial charge in [0.1, 0.15) is 0 Å². The number of aromatic nitrogens is 2. The van der Waals surface area contributed by atoms with Crippen LogP contribution in [0.25, 0.3) is 0 Å². The third-order valence-corrected chi connectivity index (χ3v) is 5.10. The first-order valence-corrected chi connectivity index (χ1v) is 10.1. The van der Waals surface area contributed by atoms with E-state index in [2.05, 4.69) is 49.5 Å². The lowest BCUT2D eigenvalue weighted by Crippen LogP contribution is -2.43. The highest BCUT2D eigenvalue weighted by molar-refractivity contribution is 14.0. The van der Waals surface area contributed by atoms with Crippen LogP contribution in [0.4, 0.5) is 0 Å². The lowest BCUT2D eigenvalue weighted by molar-refractivity contribution is 0.634. The summed E-state index contributed by atoms with van der Waals surface area (Å²) in [6.45, 7) is 10.1. The Morgan fingerprint density at radius 2 is 2.00 bits per heavy atom. The van der Waals surface area contributed by atoms with Gasteiger partial charge in [0.2, 0.25) is 0 Å². The van der Waals surface area contributed by atoms with Crippen molar-refractivity contribution in [1.82, 2.24) is 20.4 Å². The second-order valence-electron chi connectivity index (χ2n) is 6.98. The molecule has 1 unspecified atom stereocenters. The number of guanidine groups is 1. The highest BCUT2D eigenvalue weighted by atomic mass is 127. The molecule has 0 bridgehead atoms. The summed E-state index contributed by atoms with van der Waals surface area (Å²) in [7, 11) is 1.99. The highest BCUT2D eigenvalue weighted by Gasteiger charge is 2.14. The van der Waals surface area contributed by atoms with E-state index in [4.69, 9.17) is 16.6 Å². The molecule has 1 aromatic carbocycles. The van der Waals surface area contributed by atoms with E-state index < -0.39 is 0 Å². The molecule has 0 saturated heterocycles.